The molecule has 19 heavy (non-hydrogen) atoms. The van der Waals surface area contributed by atoms with Gasteiger partial charge in [0.2, 0.25) is 6.29 Å². The molecule has 0 saturated carbocycles. The van der Waals surface area contributed by atoms with Crippen LogP contribution in [0.2, 0.25) is 0 Å². The summed E-state index contributed by atoms with van der Waals surface area (Å²) in [6.45, 7) is -0.505. The topological polar surface area (TPSA) is 125 Å². The molecule has 2 rings (SSSR count). The maximum Gasteiger partial charge on any atom is 0.229 e. The molecular formula is C12H17NO6. The van der Waals surface area contributed by atoms with Gasteiger partial charge in [-0.1, -0.05) is 12.1 Å². The summed E-state index contributed by atoms with van der Waals surface area (Å²) in [6.07, 6.45) is -6.56. The van der Waals surface area contributed by atoms with Crippen LogP contribution < -0.4 is 10.5 Å². The number of para-hydroxylation sites is 2. The number of benzene rings is 1. The first-order valence-corrected chi connectivity index (χ1v) is 5.86. The zero-order chi connectivity index (χ0) is 14.0. The second-order valence-electron chi connectivity index (χ2n) is 4.35. The number of nitrogens with two attached hydrogens (primary N) is 1. The van der Waals surface area contributed by atoms with Crippen molar-refractivity contribution in [2.45, 2.75) is 30.7 Å². The molecule has 106 valence electrons. The van der Waals surface area contributed by atoms with Crippen molar-refractivity contribution in [3.63, 3.8) is 0 Å². The smallest absolute Gasteiger partial charge is 0.229 e. The van der Waals surface area contributed by atoms with Gasteiger partial charge >= 0.3 is 0 Å². The maximum absolute atomic E-state index is 9.79. The quantitative estimate of drug-likeness (QED) is 0.421. The highest BCUT2D eigenvalue weighted by Crippen LogP contribution is 2.27. The monoisotopic (exact) mass is 271 g/mol. The third-order valence-electron chi connectivity index (χ3n) is 3.01. The normalized spacial score (nSPS) is 35.1. The summed E-state index contributed by atoms with van der Waals surface area (Å²) in [7, 11) is 0. The van der Waals surface area contributed by atoms with Gasteiger partial charge in [-0.2, -0.15) is 0 Å². The van der Waals surface area contributed by atoms with Crippen molar-refractivity contribution in [3.05, 3.63) is 24.3 Å². The van der Waals surface area contributed by atoms with Crippen LogP contribution in [-0.2, 0) is 4.74 Å². The van der Waals surface area contributed by atoms with Crippen molar-refractivity contribution < 1.29 is 29.9 Å². The number of anilines is 1. The zero-order valence-electron chi connectivity index (χ0n) is 10.1. The van der Waals surface area contributed by atoms with Crippen molar-refractivity contribution in [3.8, 4) is 5.75 Å². The highest BCUT2D eigenvalue weighted by Gasteiger charge is 2.44. The molecular weight excluding hydrogens is 254 g/mol. The highest BCUT2D eigenvalue weighted by atomic mass is 16.7. The molecule has 0 aromatic heterocycles. The van der Waals surface area contributed by atoms with E-state index in [1.165, 1.54) is 0 Å². The number of rotatable bonds is 3. The van der Waals surface area contributed by atoms with Crippen LogP contribution in [0.3, 0.4) is 0 Å². The van der Waals surface area contributed by atoms with Gasteiger partial charge in [0.1, 0.15) is 30.2 Å². The number of ether oxygens (including phenoxy) is 2. The molecule has 0 spiro atoms. The highest BCUT2D eigenvalue weighted by molar-refractivity contribution is 5.51. The molecule has 7 heteroatoms. The molecule has 7 nitrogen and oxygen atoms in total. The molecule has 0 radical (unpaired) electrons. The van der Waals surface area contributed by atoms with E-state index in [0.717, 1.165) is 0 Å². The lowest BCUT2D eigenvalue weighted by atomic mass is 9.99. The molecule has 0 bridgehead atoms. The molecule has 1 aliphatic rings. The summed E-state index contributed by atoms with van der Waals surface area (Å²) in [5.41, 5.74) is 6.04. The number of aliphatic hydroxyl groups excluding tert-OH is 4. The van der Waals surface area contributed by atoms with Gasteiger partial charge in [0.15, 0.2) is 0 Å². The van der Waals surface area contributed by atoms with Crippen LogP contribution in [0.5, 0.6) is 5.75 Å². The molecule has 1 saturated heterocycles. The number of nitrogen functional groups attached to an aromatic ring is 1. The Morgan fingerprint density at radius 1 is 1.11 bits per heavy atom. The summed E-state index contributed by atoms with van der Waals surface area (Å²) >= 11 is 0. The summed E-state index contributed by atoms with van der Waals surface area (Å²) in [5, 5.41) is 38.1. The number of hydrogen-bond acceptors (Lipinski definition) is 7. The number of aliphatic hydroxyl groups is 4. The lowest BCUT2D eigenvalue weighted by Crippen LogP contribution is -2.60. The minimum Gasteiger partial charge on any atom is -0.460 e. The van der Waals surface area contributed by atoms with Crippen molar-refractivity contribution in [2.24, 2.45) is 0 Å². The minimum absolute atomic E-state index is 0.284. The standard InChI is InChI=1S/C12H17NO6/c13-6-3-1-2-4-7(6)18-12-11(17)10(16)9(15)8(5-14)19-12/h1-4,8-12,14-17H,5,13H2/t8-,9+,10+,11-,12+/m0/s1. The van der Waals surface area contributed by atoms with E-state index in [2.05, 4.69) is 0 Å². The Kier molecular flexibility index (Phi) is 4.23. The van der Waals surface area contributed by atoms with Crippen molar-refractivity contribution in [1.82, 2.24) is 0 Å². The van der Waals surface area contributed by atoms with Gasteiger partial charge in [0.25, 0.3) is 0 Å². The van der Waals surface area contributed by atoms with Crippen LogP contribution in [0.25, 0.3) is 0 Å². The van der Waals surface area contributed by atoms with E-state index >= 15 is 0 Å². The van der Waals surface area contributed by atoms with Gasteiger partial charge in [-0.05, 0) is 12.1 Å². The Morgan fingerprint density at radius 3 is 2.42 bits per heavy atom. The van der Waals surface area contributed by atoms with Crippen LogP contribution in [-0.4, -0.2) is 57.7 Å². The van der Waals surface area contributed by atoms with Gasteiger partial charge in [0.05, 0.1) is 12.3 Å². The fourth-order valence-corrected chi connectivity index (χ4v) is 1.88. The largest absolute Gasteiger partial charge is 0.460 e. The molecule has 1 aliphatic heterocycles. The van der Waals surface area contributed by atoms with E-state index < -0.39 is 37.3 Å². The third-order valence-corrected chi connectivity index (χ3v) is 3.01. The van der Waals surface area contributed by atoms with Gasteiger partial charge in [-0.3, -0.25) is 0 Å². The second-order valence-corrected chi connectivity index (χ2v) is 4.35. The van der Waals surface area contributed by atoms with Crippen molar-refractivity contribution >= 4 is 5.69 Å². The van der Waals surface area contributed by atoms with E-state index in [4.69, 9.17) is 20.3 Å². The first-order chi connectivity index (χ1) is 9.04. The average Bonchev–Trinajstić information content (AvgIpc) is 2.41. The molecule has 0 unspecified atom stereocenters. The SMILES string of the molecule is Nc1ccccc1O[C@@H]1O[C@@H](CO)[C@@H](O)[C@@H](O)[C@@H]1O. The molecule has 5 atom stereocenters. The molecule has 0 amide bonds. The van der Waals surface area contributed by atoms with E-state index in [1.54, 1.807) is 24.3 Å². The van der Waals surface area contributed by atoms with Crippen LogP contribution in [0.1, 0.15) is 0 Å². The molecule has 1 fully saturated rings. The van der Waals surface area contributed by atoms with Gasteiger partial charge in [-0.25, -0.2) is 0 Å². The lowest BCUT2D eigenvalue weighted by molar-refractivity contribution is -0.277. The fraction of sp³-hybridized carbons (Fsp3) is 0.500. The van der Waals surface area contributed by atoms with Crippen molar-refractivity contribution in [2.75, 3.05) is 12.3 Å². The predicted octanol–water partition coefficient (Wildman–Crippen LogP) is -1.55. The Morgan fingerprint density at radius 2 is 1.79 bits per heavy atom. The molecule has 1 aromatic rings. The van der Waals surface area contributed by atoms with E-state index in [0.29, 0.717) is 5.69 Å². The van der Waals surface area contributed by atoms with E-state index in [9.17, 15) is 15.3 Å². The van der Waals surface area contributed by atoms with Gasteiger partial charge < -0.3 is 35.6 Å². The Balaban J connectivity index is 2.13. The number of hydrogen-bond donors (Lipinski definition) is 5. The molecule has 6 N–H and O–H groups in total. The zero-order valence-corrected chi connectivity index (χ0v) is 10.1. The van der Waals surface area contributed by atoms with E-state index in [-0.39, 0.29) is 5.75 Å². The Bertz CT molecular complexity index is 426. The Labute approximate surface area is 109 Å². The van der Waals surface area contributed by atoms with Crippen LogP contribution >= 0.6 is 0 Å². The summed E-state index contributed by atoms with van der Waals surface area (Å²) in [5.74, 6) is 0.284. The third kappa shape index (κ3) is 2.80. The van der Waals surface area contributed by atoms with Gasteiger partial charge in [-0.15, -0.1) is 0 Å². The van der Waals surface area contributed by atoms with Crippen LogP contribution in [0, 0.1) is 0 Å². The maximum atomic E-state index is 9.79. The predicted molar refractivity (Wildman–Crippen MR) is 65.2 cm³/mol. The fourth-order valence-electron chi connectivity index (χ4n) is 1.88. The first-order valence-electron chi connectivity index (χ1n) is 5.86. The van der Waals surface area contributed by atoms with Gasteiger partial charge in [0, 0.05) is 0 Å². The summed E-state index contributed by atoms with van der Waals surface area (Å²) in [4.78, 5) is 0. The van der Waals surface area contributed by atoms with Crippen molar-refractivity contribution in [1.29, 1.82) is 0 Å². The van der Waals surface area contributed by atoms with Crippen LogP contribution in [0.4, 0.5) is 5.69 Å². The minimum atomic E-state index is -1.47. The Hall–Kier alpha value is -1.38. The lowest BCUT2D eigenvalue weighted by Gasteiger charge is -2.39. The average molecular weight is 271 g/mol. The summed E-state index contributed by atoms with van der Waals surface area (Å²) in [6, 6.07) is 6.60. The molecule has 0 aliphatic carbocycles. The van der Waals surface area contributed by atoms with Crippen LogP contribution in [0.15, 0.2) is 24.3 Å². The van der Waals surface area contributed by atoms with E-state index in [1.807, 2.05) is 0 Å². The second kappa shape index (κ2) is 5.72. The first kappa shape index (κ1) is 14.0. The molecule has 1 heterocycles. The summed E-state index contributed by atoms with van der Waals surface area (Å²) < 4.78 is 10.6. The molecule has 1 aromatic carbocycles.